The highest BCUT2D eigenvalue weighted by Gasteiger charge is 2.29. The molecule has 0 aromatic carbocycles. The summed E-state index contributed by atoms with van der Waals surface area (Å²) in [5.74, 6) is 2.76. The molecule has 0 aromatic heterocycles. The largest absolute Gasteiger partial charge is 0.468 e. The van der Waals surface area contributed by atoms with Crippen molar-refractivity contribution in [3.05, 3.63) is 0 Å². The Kier molecular flexibility index (Phi) is 21.2. The third kappa shape index (κ3) is 20.9. The molecular formula is C40H78N6O5. The molecule has 0 unspecified atom stereocenters. The quantitative estimate of drug-likeness (QED) is 0.274. The zero-order valence-electron chi connectivity index (χ0n) is 34.4. The number of hydrogen-bond acceptors (Lipinski definition) is 10. The number of nitrogens with one attached hydrogen (secondary N) is 2. The average molecular weight is 723 g/mol. The van der Waals surface area contributed by atoms with E-state index in [0.717, 1.165) is 63.1 Å². The molecule has 0 bridgehead atoms. The van der Waals surface area contributed by atoms with Gasteiger partial charge in [-0.25, -0.2) is 4.79 Å². The van der Waals surface area contributed by atoms with E-state index in [1.165, 1.54) is 84.4 Å². The van der Waals surface area contributed by atoms with Crippen LogP contribution in [0.25, 0.3) is 0 Å². The second kappa shape index (κ2) is 23.8. The second-order valence-corrected chi connectivity index (χ2v) is 17.6. The lowest BCUT2D eigenvalue weighted by atomic mass is 9.84. The topological polar surface area (TPSA) is 107 Å². The molecular weight excluding hydrogens is 644 g/mol. The zero-order valence-corrected chi connectivity index (χ0v) is 34.4. The Labute approximate surface area is 312 Å². The Morgan fingerprint density at radius 1 is 0.725 bits per heavy atom. The number of methoxy groups -OCH3 is 1. The summed E-state index contributed by atoms with van der Waals surface area (Å²) in [5, 5.41) is 6.23. The molecule has 0 spiro atoms. The molecule has 51 heavy (non-hydrogen) atoms. The summed E-state index contributed by atoms with van der Waals surface area (Å²) in [4.78, 5) is 43.3. The van der Waals surface area contributed by atoms with Gasteiger partial charge < -0.3 is 34.8 Å². The van der Waals surface area contributed by atoms with E-state index >= 15 is 0 Å². The number of rotatable bonds is 11. The van der Waals surface area contributed by atoms with Crippen molar-refractivity contribution in [2.24, 2.45) is 17.8 Å². The second-order valence-electron chi connectivity index (χ2n) is 17.6. The smallest absolute Gasteiger partial charge is 0.407 e. The lowest BCUT2D eigenvalue weighted by Gasteiger charge is -2.38. The zero-order chi connectivity index (χ0) is 38.0. The van der Waals surface area contributed by atoms with Crippen molar-refractivity contribution in [2.75, 3.05) is 88.7 Å². The van der Waals surface area contributed by atoms with E-state index in [1.54, 1.807) is 0 Å². The van der Waals surface area contributed by atoms with Crippen LogP contribution in [0, 0.1) is 17.8 Å². The van der Waals surface area contributed by atoms with Crippen LogP contribution in [0.5, 0.6) is 0 Å². The van der Waals surface area contributed by atoms with Crippen molar-refractivity contribution in [3.63, 3.8) is 0 Å². The Balaban J connectivity index is 0.000000266. The van der Waals surface area contributed by atoms with Crippen LogP contribution in [0.4, 0.5) is 4.79 Å². The van der Waals surface area contributed by atoms with E-state index in [4.69, 9.17) is 4.74 Å². The van der Waals surface area contributed by atoms with Crippen molar-refractivity contribution in [3.8, 4) is 0 Å². The number of nitrogens with zero attached hydrogens (tertiary/aromatic N) is 4. The van der Waals surface area contributed by atoms with Gasteiger partial charge in [-0.3, -0.25) is 14.5 Å². The van der Waals surface area contributed by atoms with Crippen molar-refractivity contribution >= 4 is 17.8 Å². The Hall–Kier alpha value is -1.79. The van der Waals surface area contributed by atoms with Gasteiger partial charge >= 0.3 is 12.1 Å². The number of ether oxygens (including phenoxy) is 2. The molecule has 11 nitrogen and oxygen atoms in total. The number of likely N-dealkylation sites (tertiary alicyclic amines) is 1. The van der Waals surface area contributed by atoms with Crippen LogP contribution in [-0.2, 0) is 19.1 Å². The van der Waals surface area contributed by atoms with Crippen LogP contribution in [-0.4, -0.2) is 150 Å². The van der Waals surface area contributed by atoms with Crippen LogP contribution >= 0.6 is 0 Å². The Morgan fingerprint density at radius 3 is 1.59 bits per heavy atom. The molecule has 0 atom stereocenters. The summed E-state index contributed by atoms with van der Waals surface area (Å²) in [6.45, 7) is 11.5. The van der Waals surface area contributed by atoms with Crippen LogP contribution in [0.2, 0.25) is 0 Å². The number of hydrogen-bond donors (Lipinski definition) is 2. The minimum atomic E-state index is -0.411. The van der Waals surface area contributed by atoms with E-state index in [1.807, 2.05) is 20.8 Å². The van der Waals surface area contributed by atoms with Gasteiger partial charge in [0.05, 0.1) is 20.2 Å². The fraction of sp³-hybridized carbons (Fsp3) is 0.925. The molecule has 11 heteroatoms. The monoisotopic (exact) mass is 723 g/mol. The maximum absolute atomic E-state index is 11.6. The number of ketones is 1. The normalized spacial score (nSPS) is 27.6. The summed E-state index contributed by atoms with van der Waals surface area (Å²) < 4.78 is 9.88. The van der Waals surface area contributed by atoms with Crippen LogP contribution in [0.15, 0.2) is 0 Å². The summed E-state index contributed by atoms with van der Waals surface area (Å²) in [6, 6.07) is 1.48. The molecule has 3 saturated carbocycles. The number of alkyl carbamates (subject to hydrolysis) is 1. The van der Waals surface area contributed by atoms with Gasteiger partial charge in [-0.2, -0.15) is 0 Å². The third-order valence-corrected chi connectivity index (χ3v) is 10.7. The molecule has 4 rings (SSSR count). The van der Waals surface area contributed by atoms with Crippen molar-refractivity contribution in [1.29, 1.82) is 0 Å². The minimum Gasteiger partial charge on any atom is -0.468 e. The number of amides is 1. The van der Waals surface area contributed by atoms with Crippen LogP contribution < -0.4 is 10.6 Å². The standard InChI is InChI=1S/C14H28N2O2.C14H26N2O.C12H24N2O2/c1-14(2,3)18-13(17)15-12-8-6-11(7-9-12)10-16(4)5;1-15(2)10-12-5-7-13(8-6-12)16-9-3-4-14(17)11-16;1-14(2)9-10-4-6-11(7-5-10)13-8-12(15)16-3/h11-12H,6-10H2,1-5H3,(H,15,17);12-13H,3-11H2,1-2H3;10-11,13H,4-9H2,1-3H3. The number of carbonyl (C=O) groups excluding carboxylic acids is 3. The highest BCUT2D eigenvalue weighted by Crippen LogP contribution is 2.29. The van der Waals surface area contributed by atoms with E-state index in [2.05, 4.69) is 77.3 Å². The fourth-order valence-corrected chi connectivity index (χ4v) is 8.23. The molecule has 0 radical (unpaired) electrons. The predicted octanol–water partition coefficient (Wildman–Crippen LogP) is 5.27. The lowest BCUT2D eigenvalue weighted by molar-refractivity contribution is -0.139. The Bertz CT molecular complexity index is 978. The van der Waals surface area contributed by atoms with Gasteiger partial charge in [0.1, 0.15) is 11.4 Å². The summed E-state index contributed by atoms with van der Waals surface area (Å²) in [5.41, 5.74) is -0.411. The first-order valence-electron chi connectivity index (χ1n) is 20.0. The minimum absolute atomic E-state index is 0.171. The number of carbonyl (C=O) groups is 3. The molecule has 4 aliphatic rings. The maximum atomic E-state index is 11.6. The number of piperidine rings is 1. The van der Waals surface area contributed by atoms with Crippen molar-refractivity contribution in [2.45, 2.75) is 134 Å². The molecule has 3 aliphatic carbocycles. The molecule has 1 heterocycles. The molecule has 4 fully saturated rings. The van der Waals surface area contributed by atoms with E-state index in [9.17, 15) is 14.4 Å². The van der Waals surface area contributed by atoms with Gasteiger partial charge in [0.25, 0.3) is 0 Å². The predicted molar refractivity (Wildman–Crippen MR) is 208 cm³/mol. The third-order valence-electron chi connectivity index (χ3n) is 10.7. The molecule has 298 valence electrons. The van der Waals surface area contributed by atoms with Gasteiger partial charge in [0.15, 0.2) is 0 Å². The first-order valence-corrected chi connectivity index (χ1v) is 20.0. The van der Waals surface area contributed by atoms with Crippen LogP contribution in [0.1, 0.15) is 111 Å². The van der Waals surface area contributed by atoms with E-state index < -0.39 is 5.60 Å². The Morgan fingerprint density at radius 2 is 1.18 bits per heavy atom. The van der Waals surface area contributed by atoms with E-state index in [0.29, 0.717) is 30.5 Å². The van der Waals surface area contributed by atoms with E-state index in [-0.39, 0.29) is 12.1 Å². The lowest BCUT2D eigenvalue weighted by Crippen LogP contribution is -2.45. The number of Topliss-reactive ketones (excluding diaryl/α,β-unsaturated/α-hetero) is 1. The van der Waals surface area contributed by atoms with Crippen molar-refractivity contribution in [1.82, 2.24) is 30.2 Å². The van der Waals surface area contributed by atoms with Gasteiger partial charge in [-0.15, -0.1) is 0 Å². The first-order chi connectivity index (χ1) is 24.0. The van der Waals surface area contributed by atoms with Gasteiger partial charge in [-0.05, 0) is 171 Å². The van der Waals surface area contributed by atoms with Crippen LogP contribution in [0.3, 0.4) is 0 Å². The summed E-state index contributed by atoms with van der Waals surface area (Å²) in [7, 11) is 14.2. The number of esters is 1. The maximum Gasteiger partial charge on any atom is 0.407 e. The highest BCUT2D eigenvalue weighted by molar-refractivity contribution is 5.81. The fourth-order valence-electron chi connectivity index (χ4n) is 8.23. The first kappa shape index (κ1) is 45.4. The summed E-state index contributed by atoms with van der Waals surface area (Å²) >= 11 is 0. The van der Waals surface area contributed by atoms with Gasteiger partial charge in [0.2, 0.25) is 0 Å². The van der Waals surface area contributed by atoms with Gasteiger partial charge in [-0.1, -0.05) is 0 Å². The SMILES string of the molecule is CN(C)CC1CCC(N2CCCC(=O)C2)CC1.CN(C)CC1CCC(NC(=O)OC(C)(C)C)CC1.COC(=O)CNC1CCC(CN(C)C)CC1. The molecule has 1 aliphatic heterocycles. The highest BCUT2D eigenvalue weighted by atomic mass is 16.6. The molecule has 2 N–H and O–H groups in total. The summed E-state index contributed by atoms with van der Waals surface area (Å²) in [6.07, 6.45) is 16.3. The molecule has 1 amide bonds. The molecule has 1 saturated heterocycles. The van der Waals surface area contributed by atoms with Gasteiger partial charge in [0, 0.05) is 44.2 Å². The van der Waals surface area contributed by atoms with Crippen molar-refractivity contribution < 1.29 is 23.9 Å². The average Bonchev–Trinajstić information content (AvgIpc) is 3.04. The molecule has 0 aromatic rings.